The normalized spacial score (nSPS) is 12.2. The minimum atomic E-state index is -1.12. The lowest BCUT2D eigenvalue weighted by molar-refractivity contribution is -0.139. The van der Waals surface area contributed by atoms with Crippen molar-refractivity contribution in [3.8, 4) is 0 Å². The molecule has 0 saturated heterocycles. The zero-order valence-electron chi connectivity index (χ0n) is 7.83. The maximum absolute atomic E-state index is 11.7. The number of benzene rings is 1. The molecule has 5 heteroatoms. The molecule has 0 aliphatic rings. The molecule has 1 rings (SSSR count). The number of hydrogen-bond acceptors (Lipinski definition) is 2. The summed E-state index contributed by atoms with van der Waals surface area (Å²) in [5.74, 6) is -2.56. The number of Topliss-reactive ketones (excluding diaryl/α,β-unsaturated/α-hetero) is 1. The van der Waals surface area contributed by atoms with Crippen LogP contribution in [0.3, 0.4) is 0 Å². The smallest absolute Gasteiger partial charge is 0.314 e. The third-order valence-corrected chi connectivity index (χ3v) is 4.03. The molecule has 0 amide bonds. The largest absolute Gasteiger partial charge is 0.481 e. The Hall–Kier alpha value is -0.680. The lowest BCUT2D eigenvalue weighted by Gasteiger charge is -2.08. The summed E-state index contributed by atoms with van der Waals surface area (Å²) >= 11 is 6.49. The summed E-state index contributed by atoms with van der Waals surface area (Å²) in [6.07, 6.45) is 0. The van der Waals surface area contributed by atoms with Crippen LogP contribution >= 0.6 is 31.9 Å². The van der Waals surface area contributed by atoms with Crippen LogP contribution in [0.15, 0.2) is 27.1 Å². The molecule has 0 saturated carbocycles. The van der Waals surface area contributed by atoms with E-state index < -0.39 is 17.7 Å². The molecule has 0 radical (unpaired) electrons. The lowest BCUT2D eigenvalue weighted by atomic mass is 10.00. The first-order chi connectivity index (χ1) is 6.95. The van der Waals surface area contributed by atoms with Gasteiger partial charge in [-0.1, -0.05) is 12.1 Å². The van der Waals surface area contributed by atoms with Crippen molar-refractivity contribution >= 4 is 43.6 Å². The molecule has 1 atom stereocenters. The first kappa shape index (κ1) is 12.4. The summed E-state index contributed by atoms with van der Waals surface area (Å²) in [5.41, 5.74) is 0.374. The molecule has 1 N–H and O–H groups in total. The first-order valence-electron chi connectivity index (χ1n) is 4.16. The van der Waals surface area contributed by atoms with Gasteiger partial charge >= 0.3 is 5.97 Å². The second-order valence-electron chi connectivity index (χ2n) is 3.03. The van der Waals surface area contributed by atoms with Crippen LogP contribution in [0.2, 0.25) is 0 Å². The van der Waals surface area contributed by atoms with Crippen molar-refractivity contribution in [1.29, 1.82) is 0 Å². The Morgan fingerprint density at radius 1 is 1.33 bits per heavy atom. The second kappa shape index (κ2) is 4.90. The number of aliphatic carboxylic acids is 1. The van der Waals surface area contributed by atoms with Gasteiger partial charge in [0.1, 0.15) is 5.92 Å². The quantitative estimate of drug-likeness (QED) is 0.682. The molecule has 0 fully saturated rings. The number of carboxylic acids is 1. The topological polar surface area (TPSA) is 54.4 Å². The number of carboxylic acid groups (broad SMARTS) is 1. The molecular weight excluding hydrogens is 328 g/mol. The molecule has 1 aromatic carbocycles. The van der Waals surface area contributed by atoms with Crippen LogP contribution in [0.25, 0.3) is 0 Å². The van der Waals surface area contributed by atoms with Gasteiger partial charge in [0.15, 0.2) is 5.78 Å². The fourth-order valence-corrected chi connectivity index (χ4v) is 1.87. The molecular formula is C10H8Br2O3. The summed E-state index contributed by atoms with van der Waals surface area (Å²) in [5, 5.41) is 8.73. The van der Waals surface area contributed by atoms with Crippen LogP contribution in [0.1, 0.15) is 17.3 Å². The van der Waals surface area contributed by atoms with Crippen LogP contribution in [-0.4, -0.2) is 16.9 Å². The summed E-state index contributed by atoms with van der Waals surface area (Å²) in [6.45, 7) is 1.37. The Morgan fingerprint density at radius 2 is 1.93 bits per heavy atom. The molecule has 0 aromatic heterocycles. The predicted octanol–water partition coefficient (Wildman–Crippen LogP) is 3.12. The van der Waals surface area contributed by atoms with Crippen LogP contribution in [0, 0.1) is 5.92 Å². The predicted molar refractivity (Wildman–Crippen MR) is 63.0 cm³/mol. The van der Waals surface area contributed by atoms with Crippen LogP contribution in [-0.2, 0) is 4.79 Å². The van der Waals surface area contributed by atoms with Gasteiger partial charge < -0.3 is 5.11 Å². The third kappa shape index (κ3) is 2.66. The Labute approximate surface area is 104 Å². The van der Waals surface area contributed by atoms with Gasteiger partial charge in [-0.3, -0.25) is 9.59 Å². The van der Waals surface area contributed by atoms with Crippen molar-refractivity contribution in [3.63, 3.8) is 0 Å². The number of rotatable bonds is 3. The molecule has 0 bridgehead atoms. The SMILES string of the molecule is CC(C(=O)O)C(=O)c1cccc(Br)c1Br. The van der Waals surface area contributed by atoms with Crippen molar-refractivity contribution in [2.45, 2.75) is 6.92 Å². The Balaban J connectivity index is 3.12. The second-order valence-corrected chi connectivity index (χ2v) is 4.67. The third-order valence-electron chi connectivity index (χ3n) is 1.98. The molecule has 80 valence electrons. The zero-order chi connectivity index (χ0) is 11.6. The van der Waals surface area contributed by atoms with Crippen molar-refractivity contribution in [2.75, 3.05) is 0 Å². The summed E-state index contributed by atoms with van der Waals surface area (Å²) in [6, 6.07) is 5.06. The lowest BCUT2D eigenvalue weighted by Crippen LogP contribution is -2.20. The van der Waals surface area contributed by atoms with Gasteiger partial charge in [-0.15, -0.1) is 0 Å². The van der Waals surface area contributed by atoms with Crippen LogP contribution < -0.4 is 0 Å². The first-order valence-corrected chi connectivity index (χ1v) is 5.74. The van der Waals surface area contributed by atoms with Gasteiger partial charge in [0.05, 0.1) is 0 Å². The summed E-state index contributed by atoms with van der Waals surface area (Å²) in [4.78, 5) is 22.4. The average Bonchev–Trinajstić information content (AvgIpc) is 2.20. The zero-order valence-corrected chi connectivity index (χ0v) is 11.0. The fraction of sp³-hybridized carbons (Fsp3) is 0.200. The standard InChI is InChI=1S/C10H8Br2O3/c1-5(10(14)15)9(13)6-3-2-4-7(11)8(6)12/h2-5H,1H3,(H,14,15). The highest BCUT2D eigenvalue weighted by molar-refractivity contribution is 9.13. The van der Waals surface area contributed by atoms with Gasteiger partial charge in [0.25, 0.3) is 0 Å². The van der Waals surface area contributed by atoms with E-state index in [1.807, 2.05) is 0 Å². The fourth-order valence-electron chi connectivity index (χ4n) is 1.04. The van der Waals surface area contributed by atoms with E-state index in [1.54, 1.807) is 18.2 Å². The van der Waals surface area contributed by atoms with Crippen molar-refractivity contribution < 1.29 is 14.7 Å². The van der Waals surface area contributed by atoms with Crippen molar-refractivity contribution in [3.05, 3.63) is 32.7 Å². The highest BCUT2D eigenvalue weighted by Crippen LogP contribution is 2.28. The van der Waals surface area contributed by atoms with Gasteiger partial charge in [0.2, 0.25) is 0 Å². The molecule has 15 heavy (non-hydrogen) atoms. The molecule has 0 aliphatic carbocycles. The highest BCUT2D eigenvalue weighted by atomic mass is 79.9. The average molecular weight is 336 g/mol. The van der Waals surface area contributed by atoms with E-state index in [9.17, 15) is 9.59 Å². The van der Waals surface area contributed by atoms with E-state index in [1.165, 1.54) is 6.92 Å². The summed E-state index contributed by atoms with van der Waals surface area (Å²) < 4.78 is 1.31. The maximum Gasteiger partial charge on any atom is 0.314 e. The highest BCUT2D eigenvalue weighted by Gasteiger charge is 2.24. The van der Waals surface area contributed by atoms with Crippen LogP contribution in [0.4, 0.5) is 0 Å². The van der Waals surface area contributed by atoms with E-state index in [4.69, 9.17) is 5.11 Å². The molecule has 0 spiro atoms. The molecule has 1 unspecified atom stereocenters. The maximum atomic E-state index is 11.7. The number of hydrogen-bond donors (Lipinski definition) is 1. The number of halogens is 2. The summed E-state index contributed by atoms with van der Waals surface area (Å²) in [7, 11) is 0. The Morgan fingerprint density at radius 3 is 2.47 bits per heavy atom. The minimum Gasteiger partial charge on any atom is -0.481 e. The van der Waals surface area contributed by atoms with Gasteiger partial charge in [0, 0.05) is 14.5 Å². The van der Waals surface area contributed by atoms with Gasteiger partial charge in [-0.25, -0.2) is 0 Å². The van der Waals surface area contributed by atoms with E-state index in [0.717, 1.165) is 4.47 Å². The van der Waals surface area contributed by atoms with E-state index in [0.29, 0.717) is 10.0 Å². The minimum absolute atomic E-state index is 0.374. The molecule has 0 aliphatic heterocycles. The number of carbonyl (C=O) groups is 2. The van der Waals surface area contributed by atoms with Crippen molar-refractivity contribution in [1.82, 2.24) is 0 Å². The Kier molecular flexibility index (Phi) is 4.04. The van der Waals surface area contributed by atoms with E-state index >= 15 is 0 Å². The van der Waals surface area contributed by atoms with Crippen molar-refractivity contribution in [2.24, 2.45) is 5.92 Å². The van der Waals surface area contributed by atoms with Crippen LogP contribution in [0.5, 0.6) is 0 Å². The van der Waals surface area contributed by atoms with E-state index in [2.05, 4.69) is 31.9 Å². The van der Waals surface area contributed by atoms with Gasteiger partial charge in [-0.05, 0) is 44.8 Å². The molecule has 1 aromatic rings. The molecule has 0 heterocycles. The number of carbonyl (C=O) groups excluding carboxylic acids is 1. The Bertz CT molecular complexity index is 415. The number of ketones is 1. The molecule has 3 nitrogen and oxygen atoms in total. The van der Waals surface area contributed by atoms with E-state index in [-0.39, 0.29) is 0 Å². The monoisotopic (exact) mass is 334 g/mol. The van der Waals surface area contributed by atoms with Gasteiger partial charge in [-0.2, -0.15) is 0 Å².